The number of hydrogen-bond acceptors (Lipinski definition) is 4. The van der Waals surface area contributed by atoms with Crippen LogP contribution in [0.25, 0.3) is 22.0 Å². The van der Waals surface area contributed by atoms with Crippen LogP contribution in [0.4, 0.5) is 5.69 Å². The van der Waals surface area contributed by atoms with Crippen LogP contribution in [0.3, 0.4) is 0 Å². The average molecular weight is 349 g/mol. The summed E-state index contributed by atoms with van der Waals surface area (Å²) in [5.74, 6) is 0.898. The highest BCUT2D eigenvalue weighted by Crippen LogP contribution is 2.30. The van der Waals surface area contributed by atoms with Gasteiger partial charge in [0.2, 0.25) is 0 Å². The van der Waals surface area contributed by atoms with Crippen LogP contribution >= 0.6 is 23.3 Å². The summed E-state index contributed by atoms with van der Waals surface area (Å²) >= 11 is 6.44. The largest absolute Gasteiger partial charge is 0.494 e. The fraction of sp³-hybridized carbons (Fsp3) is 0.222. The lowest BCUT2D eigenvalue weighted by molar-refractivity contribution is 0.340. The van der Waals surface area contributed by atoms with E-state index in [-0.39, 0.29) is 0 Å². The quantitative estimate of drug-likeness (QED) is 0.283. The number of H-pyrrole nitrogens is 1. The lowest BCUT2D eigenvalue weighted by Crippen LogP contribution is -1.90. The Kier molecular flexibility index (Phi) is 8.51. The second kappa shape index (κ2) is 10.1. The number of aromatic amines is 1. The third-order valence-corrected chi connectivity index (χ3v) is 3.18. The maximum atomic E-state index is 5.79. The number of nitrogen functional groups attached to an aromatic ring is 1. The molecule has 3 N–H and O–H groups in total. The van der Waals surface area contributed by atoms with Gasteiger partial charge < -0.3 is 15.5 Å². The normalized spacial score (nSPS) is 9.43. The van der Waals surface area contributed by atoms with Crippen LogP contribution in [0, 0.1) is 0 Å². The summed E-state index contributed by atoms with van der Waals surface area (Å²) in [5, 5.41) is 1.18. The van der Waals surface area contributed by atoms with E-state index in [0.29, 0.717) is 6.61 Å². The zero-order valence-corrected chi connectivity index (χ0v) is 15.5. The van der Waals surface area contributed by atoms with Gasteiger partial charge >= 0.3 is 0 Å². The molecule has 3 rings (SSSR count). The molecule has 0 fully saturated rings. The Labute approximate surface area is 148 Å². The molecule has 0 spiro atoms. The molecule has 0 aliphatic carbocycles. The van der Waals surface area contributed by atoms with Crippen molar-refractivity contribution in [2.45, 2.75) is 20.8 Å². The fourth-order valence-corrected chi connectivity index (χ4v) is 2.28. The Hall–Kier alpha value is -1.72. The van der Waals surface area contributed by atoms with Crippen molar-refractivity contribution in [2.24, 2.45) is 0 Å². The smallest absolute Gasteiger partial charge is 0.119 e. The van der Waals surface area contributed by atoms with Gasteiger partial charge in [0.25, 0.3) is 0 Å². The molecule has 1 heterocycles. The number of fused-ring (bicyclic) bond motifs is 1. The minimum absolute atomic E-state index is 0.686. The summed E-state index contributed by atoms with van der Waals surface area (Å²) in [4.78, 5) is 3.26. The van der Waals surface area contributed by atoms with Crippen LogP contribution in [0.2, 0.25) is 0 Å². The number of nitrogens with one attached hydrogen (secondary N) is 1. The Morgan fingerprint density at radius 1 is 1.04 bits per heavy atom. The molecule has 0 saturated heterocycles. The number of aromatic nitrogens is 1. The summed E-state index contributed by atoms with van der Waals surface area (Å²) in [5.41, 5.74) is 9.96. The summed E-state index contributed by atoms with van der Waals surface area (Å²) in [7, 11) is 0. The fourth-order valence-electron chi connectivity index (χ4n) is 2.28. The van der Waals surface area contributed by atoms with Crippen molar-refractivity contribution < 1.29 is 4.74 Å². The molecule has 0 aliphatic heterocycles. The minimum Gasteiger partial charge on any atom is -0.494 e. The van der Waals surface area contributed by atoms with Crippen molar-refractivity contribution in [2.75, 3.05) is 12.3 Å². The third kappa shape index (κ3) is 4.88. The number of rotatable bonds is 3. The molecule has 5 heteroatoms. The van der Waals surface area contributed by atoms with E-state index in [0.717, 1.165) is 17.0 Å². The topological polar surface area (TPSA) is 51.0 Å². The molecule has 0 atom stereocenters. The standard InChI is InChI=1S/C16H16N2O.C2H6.H2S2/c1-2-19-13-6-3-11(4-7-13)15-10-18-16-9-12(17)5-8-14(15)16;2*1-2/h3-10,18H,2,17H2,1H3;1-2H3;1-2H. The molecular weight excluding hydrogens is 324 g/mol. The van der Waals surface area contributed by atoms with Crippen LogP contribution < -0.4 is 10.5 Å². The Balaban J connectivity index is 0.000000615. The first-order valence-corrected chi connectivity index (χ1v) is 9.18. The molecule has 3 aromatic rings. The van der Waals surface area contributed by atoms with Crippen LogP contribution in [0.15, 0.2) is 48.7 Å². The minimum atomic E-state index is 0.686. The number of ether oxygens (including phenoxy) is 1. The molecule has 2 aromatic carbocycles. The molecule has 0 aliphatic rings. The van der Waals surface area contributed by atoms with Crippen LogP contribution in [-0.2, 0) is 0 Å². The van der Waals surface area contributed by atoms with E-state index >= 15 is 0 Å². The van der Waals surface area contributed by atoms with Gasteiger partial charge in [0.15, 0.2) is 0 Å². The van der Waals surface area contributed by atoms with Gasteiger partial charge in [-0.15, -0.1) is 23.3 Å². The highest BCUT2D eigenvalue weighted by molar-refractivity contribution is 8.59. The second-order valence-corrected chi connectivity index (χ2v) is 4.46. The van der Waals surface area contributed by atoms with Crippen molar-refractivity contribution in [3.05, 3.63) is 48.7 Å². The van der Waals surface area contributed by atoms with E-state index in [2.05, 4.69) is 40.4 Å². The average Bonchev–Trinajstić information content (AvgIpc) is 3.02. The number of hydrogen-bond donors (Lipinski definition) is 4. The summed E-state index contributed by atoms with van der Waals surface area (Å²) < 4.78 is 5.46. The summed E-state index contributed by atoms with van der Waals surface area (Å²) in [6.07, 6.45) is 2.01. The molecule has 0 amide bonds. The number of benzene rings is 2. The molecule has 3 nitrogen and oxygen atoms in total. The third-order valence-electron chi connectivity index (χ3n) is 3.18. The SMILES string of the molecule is CC.CCOc1ccc(-c2c[nH]c3cc(N)ccc23)cc1.SS. The van der Waals surface area contributed by atoms with E-state index < -0.39 is 0 Å². The van der Waals surface area contributed by atoms with Crippen molar-refractivity contribution in [1.29, 1.82) is 0 Å². The first-order valence-electron chi connectivity index (χ1n) is 7.58. The number of nitrogens with two attached hydrogens (primary N) is 1. The van der Waals surface area contributed by atoms with Gasteiger partial charge in [-0.3, -0.25) is 0 Å². The molecular formula is C18H24N2OS2. The molecule has 0 radical (unpaired) electrons. The van der Waals surface area contributed by atoms with Crippen LogP contribution in [-0.4, -0.2) is 11.6 Å². The van der Waals surface area contributed by atoms with Crippen molar-refractivity contribution in [1.82, 2.24) is 4.98 Å². The van der Waals surface area contributed by atoms with Crippen molar-refractivity contribution >= 4 is 39.9 Å². The highest BCUT2D eigenvalue weighted by Gasteiger charge is 2.06. The van der Waals surface area contributed by atoms with Crippen LogP contribution in [0.1, 0.15) is 20.8 Å². The van der Waals surface area contributed by atoms with Crippen molar-refractivity contribution in [3.63, 3.8) is 0 Å². The van der Waals surface area contributed by atoms with Gasteiger partial charge in [-0.1, -0.05) is 32.0 Å². The predicted molar refractivity (Wildman–Crippen MR) is 109 cm³/mol. The summed E-state index contributed by atoms with van der Waals surface area (Å²) in [6.45, 7) is 6.67. The van der Waals surface area contributed by atoms with Gasteiger partial charge in [-0.2, -0.15) is 0 Å². The number of anilines is 1. The molecule has 23 heavy (non-hydrogen) atoms. The first-order chi connectivity index (χ1) is 11.3. The molecule has 1 aromatic heterocycles. The Morgan fingerprint density at radius 3 is 2.30 bits per heavy atom. The monoisotopic (exact) mass is 348 g/mol. The number of thiol groups is 2. The van der Waals surface area contributed by atoms with Crippen molar-refractivity contribution in [3.8, 4) is 16.9 Å². The Bertz CT molecular complexity index is 709. The van der Waals surface area contributed by atoms with Gasteiger partial charge in [0.1, 0.15) is 5.75 Å². The first kappa shape index (κ1) is 19.3. The molecule has 124 valence electrons. The molecule has 0 bridgehead atoms. The second-order valence-electron chi connectivity index (χ2n) is 4.46. The van der Waals surface area contributed by atoms with E-state index in [1.54, 1.807) is 0 Å². The zero-order valence-electron chi connectivity index (χ0n) is 13.7. The Morgan fingerprint density at radius 2 is 1.70 bits per heavy atom. The zero-order chi connectivity index (χ0) is 17.2. The maximum absolute atomic E-state index is 5.79. The van der Waals surface area contributed by atoms with E-state index in [1.165, 1.54) is 16.5 Å². The highest BCUT2D eigenvalue weighted by atomic mass is 33.1. The lowest BCUT2D eigenvalue weighted by atomic mass is 10.0. The predicted octanol–water partition coefficient (Wildman–Crippen LogP) is 5.60. The van der Waals surface area contributed by atoms with Gasteiger partial charge in [0.05, 0.1) is 6.61 Å². The van der Waals surface area contributed by atoms with E-state index in [4.69, 9.17) is 10.5 Å². The van der Waals surface area contributed by atoms with Gasteiger partial charge in [0, 0.05) is 28.4 Å². The van der Waals surface area contributed by atoms with Gasteiger partial charge in [-0.25, -0.2) is 0 Å². The molecule has 0 saturated carbocycles. The van der Waals surface area contributed by atoms with E-state index in [1.807, 2.05) is 57.3 Å². The summed E-state index contributed by atoms with van der Waals surface area (Å²) in [6, 6.07) is 14.1. The van der Waals surface area contributed by atoms with E-state index in [9.17, 15) is 0 Å². The van der Waals surface area contributed by atoms with Crippen LogP contribution in [0.5, 0.6) is 5.75 Å². The van der Waals surface area contributed by atoms with Gasteiger partial charge in [-0.05, 0) is 36.8 Å². The molecule has 0 unspecified atom stereocenters. The maximum Gasteiger partial charge on any atom is 0.119 e. The lowest BCUT2D eigenvalue weighted by Gasteiger charge is -2.04.